The van der Waals surface area contributed by atoms with Crippen LogP contribution in [0, 0.1) is 5.41 Å². The van der Waals surface area contributed by atoms with Crippen LogP contribution >= 0.6 is 0 Å². The van der Waals surface area contributed by atoms with E-state index in [1.807, 2.05) is 0 Å². The van der Waals surface area contributed by atoms with E-state index in [0.29, 0.717) is 18.4 Å². The molecule has 1 heterocycles. The largest absolute Gasteiger partial charge is 0.481 e. The molecule has 0 bridgehead atoms. The zero-order chi connectivity index (χ0) is 15.1. The maximum atomic E-state index is 11.4. The highest BCUT2D eigenvalue weighted by Gasteiger charge is 2.33. The van der Waals surface area contributed by atoms with E-state index >= 15 is 0 Å². The number of para-hydroxylation sites is 1. The van der Waals surface area contributed by atoms with Gasteiger partial charge in [-0.25, -0.2) is 0 Å². The maximum absolute atomic E-state index is 11.4. The number of nitrogens with zero attached hydrogens (tertiary/aromatic N) is 1. The lowest BCUT2D eigenvalue weighted by Crippen LogP contribution is -2.31. The second-order valence-corrected chi connectivity index (χ2v) is 6.87. The van der Waals surface area contributed by atoms with E-state index in [4.69, 9.17) is 0 Å². The summed E-state index contributed by atoms with van der Waals surface area (Å²) in [5.41, 5.74) is 3.05. The van der Waals surface area contributed by atoms with Gasteiger partial charge in [-0.2, -0.15) is 0 Å². The molecular formula is C17H25NO2. The molecular weight excluding hydrogens is 250 g/mol. The van der Waals surface area contributed by atoms with Crippen LogP contribution in [0.3, 0.4) is 0 Å². The molecule has 0 fully saturated rings. The summed E-state index contributed by atoms with van der Waals surface area (Å²) in [6.45, 7) is 11.3. The predicted octanol–water partition coefficient (Wildman–Crippen LogP) is 3.67. The Hall–Kier alpha value is -1.51. The first-order valence-corrected chi connectivity index (χ1v) is 7.36. The highest BCUT2D eigenvalue weighted by atomic mass is 16.4. The van der Waals surface area contributed by atoms with Crippen LogP contribution in [0.4, 0.5) is 5.69 Å². The minimum absolute atomic E-state index is 0.438. The van der Waals surface area contributed by atoms with Crippen LogP contribution in [-0.4, -0.2) is 23.7 Å². The molecule has 0 aromatic heterocycles. The molecule has 3 heteroatoms. The molecule has 0 saturated heterocycles. The average molecular weight is 275 g/mol. The van der Waals surface area contributed by atoms with Gasteiger partial charge in [0.05, 0.1) is 5.41 Å². The standard InChI is InChI=1S/C17H25NO2/c1-11(2)18-10-12(3)14-8-6-7-13(15(14)18)9-17(4,5)16(19)20/h6-8,11-12H,9-10H2,1-5H3,(H,19,20). The zero-order valence-electron chi connectivity index (χ0n) is 13.1. The summed E-state index contributed by atoms with van der Waals surface area (Å²) in [6.07, 6.45) is 0.571. The quantitative estimate of drug-likeness (QED) is 0.911. The Bertz CT molecular complexity index is 520. The van der Waals surface area contributed by atoms with Crippen molar-refractivity contribution in [2.24, 2.45) is 5.41 Å². The van der Waals surface area contributed by atoms with Gasteiger partial charge in [0, 0.05) is 24.2 Å². The Morgan fingerprint density at radius 1 is 1.45 bits per heavy atom. The van der Waals surface area contributed by atoms with Gasteiger partial charge >= 0.3 is 5.97 Å². The number of hydrogen-bond acceptors (Lipinski definition) is 2. The van der Waals surface area contributed by atoms with E-state index in [-0.39, 0.29) is 0 Å². The topological polar surface area (TPSA) is 40.5 Å². The van der Waals surface area contributed by atoms with Crippen molar-refractivity contribution in [2.45, 2.75) is 53.0 Å². The van der Waals surface area contributed by atoms with Gasteiger partial charge in [0.15, 0.2) is 0 Å². The van der Waals surface area contributed by atoms with E-state index < -0.39 is 11.4 Å². The molecule has 1 aliphatic heterocycles. The van der Waals surface area contributed by atoms with E-state index in [9.17, 15) is 9.90 Å². The molecule has 0 amide bonds. The van der Waals surface area contributed by atoms with Crippen LogP contribution in [0.5, 0.6) is 0 Å². The molecule has 1 N–H and O–H groups in total. The van der Waals surface area contributed by atoms with Crippen LogP contribution in [0.25, 0.3) is 0 Å². The summed E-state index contributed by atoms with van der Waals surface area (Å²) in [4.78, 5) is 13.8. The number of carboxylic acid groups (broad SMARTS) is 1. The van der Waals surface area contributed by atoms with Crippen LogP contribution in [0.1, 0.15) is 51.7 Å². The number of hydrogen-bond donors (Lipinski definition) is 1. The summed E-state index contributed by atoms with van der Waals surface area (Å²) < 4.78 is 0. The van der Waals surface area contributed by atoms with Gasteiger partial charge in [-0.1, -0.05) is 25.1 Å². The lowest BCUT2D eigenvalue weighted by molar-refractivity contribution is -0.146. The number of aliphatic carboxylic acids is 1. The van der Waals surface area contributed by atoms with Gasteiger partial charge in [0.1, 0.15) is 0 Å². The van der Waals surface area contributed by atoms with E-state index in [0.717, 1.165) is 12.1 Å². The van der Waals surface area contributed by atoms with Gasteiger partial charge in [-0.05, 0) is 45.2 Å². The van der Waals surface area contributed by atoms with Crippen molar-refractivity contribution >= 4 is 11.7 Å². The molecule has 110 valence electrons. The first-order chi connectivity index (χ1) is 9.24. The number of carboxylic acids is 1. The first kappa shape index (κ1) is 14.9. The number of fused-ring (bicyclic) bond motifs is 1. The molecule has 1 unspecified atom stereocenters. The van der Waals surface area contributed by atoms with Gasteiger partial charge in [-0.3, -0.25) is 4.79 Å². The number of carbonyl (C=O) groups is 1. The molecule has 0 aliphatic carbocycles. The number of benzene rings is 1. The van der Waals surface area contributed by atoms with Crippen molar-refractivity contribution < 1.29 is 9.90 Å². The second kappa shape index (κ2) is 5.12. The van der Waals surface area contributed by atoms with Gasteiger partial charge in [-0.15, -0.1) is 0 Å². The van der Waals surface area contributed by atoms with Gasteiger partial charge in [0.2, 0.25) is 0 Å². The summed E-state index contributed by atoms with van der Waals surface area (Å²) in [5, 5.41) is 9.36. The summed E-state index contributed by atoms with van der Waals surface area (Å²) in [7, 11) is 0. The van der Waals surface area contributed by atoms with Gasteiger partial charge in [0.25, 0.3) is 0 Å². The Labute approximate surface area is 121 Å². The van der Waals surface area contributed by atoms with Crippen LogP contribution in [-0.2, 0) is 11.2 Å². The third-order valence-electron chi connectivity index (χ3n) is 4.27. The SMILES string of the molecule is CC1CN(C(C)C)c2c(CC(C)(C)C(=O)O)cccc21. The first-order valence-electron chi connectivity index (χ1n) is 7.36. The molecule has 1 atom stereocenters. The summed E-state index contributed by atoms with van der Waals surface area (Å²) >= 11 is 0. The van der Waals surface area contributed by atoms with E-state index in [1.165, 1.54) is 11.3 Å². The fourth-order valence-electron chi connectivity index (χ4n) is 3.01. The number of anilines is 1. The minimum atomic E-state index is -0.739. The van der Waals surface area contributed by atoms with Crippen molar-refractivity contribution in [3.63, 3.8) is 0 Å². The van der Waals surface area contributed by atoms with Crippen LogP contribution < -0.4 is 4.90 Å². The Morgan fingerprint density at radius 2 is 2.10 bits per heavy atom. The van der Waals surface area contributed by atoms with Crippen molar-refractivity contribution in [1.82, 2.24) is 0 Å². The van der Waals surface area contributed by atoms with Gasteiger partial charge < -0.3 is 10.0 Å². The molecule has 3 nitrogen and oxygen atoms in total. The highest BCUT2D eigenvalue weighted by Crippen LogP contribution is 2.41. The minimum Gasteiger partial charge on any atom is -0.481 e. The fourth-order valence-corrected chi connectivity index (χ4v) is 3.01. The Balaban J connectivity index is 2.44. The molecule has 0 saturated carbocycles. The maximum Gasteiger partial charge on any atom is 0.309 e. The van der Waals surface area contributed by atoms with Crippen molar-refractivity contribution in [2.75, 3.05) is 11.4 Å². The third kappa shape index (κ3) is 2.54. The fraction of sp³-hybridized carbons (Fsp3) is 0.588. The second-order valence-electron chi connectivity index (χ2n) is 6.87. The van der Waals surface area contributed by atoms with Crippen molar-refractivity contribution in [1.29, 1.82) is 0 Å². The van der Waals surface area contributed by atoms with Crippen LogP contribution in [0.2, 0.25) is 0 Å². The molecule has 20 heavy (non-hydrogen) atoms. The van der Waals surface area contributed by atoms with E-state index in [1.54, 1.807) is 13.8 Å². The third-order valence-corrected chi connectivity index (χ3v) is 4.27. The monoisotopic (exact) mass is 275 g/mol. The Kier molecular flexibility index (Phi) is 3.81. The van der Waals surface area contributed by atoms with Crippen LogP contribution in [0.15, 0.2) is 18.2 Å². The normalized spacial score (nSPS) is 18.5. The molecule has 1 aromatic carbocycles. The lowest BCUT2D eigenvalue weighted by atomic mass is 9.84. The number of rotatable bonds is 4. The molecule has 0 radical (unpaired) electrons. The Morgan fingerprint density at radius 3 is 2.65 bits per heavy atom. The van der Waals surface area contributed by atoms with Crippen molar-refractivity contribution in [3.05, 3.63) is 29.3 Å². The smallest absolute Gasteiger partial charge is 0.309 e. The summed E-state index contributed by atoms with van der Waals surface area (Å²) in [6, 6.07) is 6.76. The predicted molar refractivity (Wildman–Crippen MR) is 82.5 cm³/mol. The van der Waals surface area contributed by atoms with E-state index in [2.05, 4.69) is 43.9 Å². The highest BCUT2D eigenvalue weighted by molar-refractivity contribution is 5.75. The zero-order valence-corrected chi connectivity index (χ0v) is 13.1. The molecule has 0 spiro atoms. The van der Waals surface area contributed by atoms with Crippen molar-refractivity contribution in [3.8, 4) is 0 Å². The average Bonchev–Trinajstić information content (AvgIpc) is 2.68. The summed E-state index contributed by atoms with van der Waals surface area (Å²) in [5.74, 6) is -0.225. The molecule has 2 rings (SSSR count). The molecule has 1 aliphatic rings. The lowest BCUT2D eigenvalue weighted by Gasteiger charge is -2.28. The molecule has 1 aromatic rings.